The first-order valence-corrected chi connectivity index (χ1v) is 8.99. The van der Waals surface area contributed by atoms with Crippen LogP contribution in [0.4, 0.5) is 5.13 Å². The van der Waals surface area contributed by atoms with Gasteiger partial charge in [0.1, 0.15) is 5.01 Å². The van der Waals surface area contributed by atoms with E-state index in [4.69, 9.17) is 0 Å². The molecule has 2 aromatic rings. The van der Waals surface area contributed by atoms with Crippen molar-refractivity contribution >= 4 is 28.3 Å². The van der Waals surface area contributed by atoms with Crippen molar-refractivity contribution in [3.05, 3.63) is 43.0 Å². The molecule has 1 aromatic carbocycles. The first-order chi connectivity index (χ1) is 12.1. The summed E-state index contributed by atoms with van der Waals surface area (Å²) in [6.07, 6.45) is 2.64. The van der Waals surface area contributed by atoms with Gasteiger partial charge in [-0.05, 0) is 18.9 Å². The van der Waals surface area contributed by atoms with Crippen LogP contribution in [0.2, 0.25) is 0 Å². The molecule has 7 heteroatoms. The summed E-state index contributed by atoms with van der Waals surface area (Å²) in [6, 6.07) is 9.79. The van der Waals surface area contributed by atoms with E-state index in [9.17, 15) is 9.59 Å². The van der Waals surface area contributed by atoms with Crippen LogP contribution in [-0.2, 0) is 9.59 Å². The number of carbonyl (C=O) groups is 2. The number of rotatable bonds is 4. The molecule has 1 saturated heterocycles. The van der Waals surface area contributed by atoms with E-state index < -0.39 is 0 Å². The molecule has 0 aliphatic carbocycles. The molecular weight excluding hydrogens is 336 g/mol. The molecule has 0 bridgehead atoms. The minimum atomic E-state index is -0.0945. The molecule has 1 fully saturated rings. The Bertz CT molecular complexity index is 766. The lowest BCUT2D eigenvalue weighted by Crippen LogP contribution is -2.43. The molecular formula is C18H20N4O2S. The number of carbonyl (C=O) groups excluding carboxylic acids is 2. The fourth-order valence-electron chi connectivity index (χ4n) is 2.89. The highest BCUT2D eigenvalue weighted by molar-refractivity contribution is 7.18. The summed E-state index contributed by atoms with van der Waals surface area (Å²) in [4.78, 5) is 27.7. The highest BCUT2D eigenvalue weighted by atomic mass is 32.1. The molecule has 3 rings (SSSR count). The van der Waals surface area contributed by atoms with Gasteiger partial charge in [-0.15, -0.1) is 10.2 Å². The fraction of sp³-hybridized carbons (Fsp3) is 0.333. The summed E-state index contributed by atoms with van der Waals surface area (Å²) in [6.45, 7) is 4.67. The van der Waals surface area contributed by atoms with E-state index in [2.05, 4.69) is 16.8 Å². The van der Waals surface area contributed by atoms with Crippen LogP contribution in [0, 0.1) is 5.92 Å². The molecule has 1 aliphatic rings. The smallest absolute Gasteiger partial charge is 0.245 e. The predicted octanol–water partition coefficient (Wildman–Crippen LogP) is 2.59. The zero-order valence-corrected chi connectivity index (χ0v) is 14.9. The Kier molecular flexibility index (Phi) is 5.23. The number of likely N-dealkylation sites (tertiary alicyclic amines) is 1. The molecule has 6 nitrogen and oxygen atoms in total. The van der Waals surface area contributed by atoms with Crippen LogP contribution in [0.3, 0.4) is 0 Å². The summed E-state index contributed by atoms with van der Waals surface area (Å²) in [5.74, 6) is -0.139. The summed E-state index contributed by atoms with van der Waals surface area (Å²) >= 11 is 1.40. The molecule has 0 radical (unpaired) electrons. The topological polar surface area (TPSA) is 66.4 Å². The molecule has 1 aromatic heterocycles. The van der Waals surface area contributed by atoms with Gasteiger partial charge in [-0.3, -0.25) is 14.5 Å². The molecule has 0 saturated carbocycles. The Morgan fingerprint density at radius 1 is 1.24 bits per heavy atom. The first-order valence-electron chi connectivity index (χ1n) is 8.18. The van der Waals surface area contributed by atoms with E-state index in [1.54, 1.807) is 16.8 Å². The van der Waals surface area contributed by atoms with E-state index in [1.165, 1.54) is 17.4 Å². The van der Waals surface area contributed by atoms with E-state index in [0.29, 0.717) is 31.1 Å². The third-order valence-electron chi connectivity index (χ3n) is 4.38. The van der Waals surface area contributed by atoms with Crippen molar-refractivity contribution in [1.29, 1.82) is 0 Å². The van der Waals surface area contributed by atoms with Crippen molar-refractivity contribution in [2.24, 2.45) is 5.92 Å². The number of amides is 2. The minimum absolute atomic E-state index is 0.0291. The van der Waals surface area contributed by atoms with Gasteiger partial charge in [0, 0.05) is 31.6 Å². The molecule has 0 N–H and O–H groups in total. The van der Waals surface area contributed by atoms with Crippen LogP contribution in [0.25, 0.3) is 10.6 Å². The molecule has 130 valence electrons. The highest BCUT2D eigenvalue weighted by Crippen LogP contribution is 2.29. The predicted molar refractivity (Wildman–Crippen MR) is 98.3 cm³/mol. The van der Waals surface area contributed by atoms with Gasteiger partial charge in [-0.25, -0.2) is 0 Å². The second-order valence-electron chi connectivity index (χ2n) is 5.96. The van der Waals surface area contributed by atoms with Gasteiger partial charge in [0.2, 0.25) is 16.9 Å². The van der Waals surface area contributed by atoms with Crippen molar-refractivity contribution < 1.29 is 9.59 Å². The monoisotopic (exact) mass is 356 g/mol. The fourth-order valence-corrected chi connectivity index (χ4v) is 3.71. The van der Waals surface area contributed by atoms with Crippen molar-refractivity contribution in [1.82, 2.24) is 15.1 Å². The van der Waals surface area contributed by atoms with Crippen LogP contribution >= 0.6 is 11.3 Å². The lowest BCUT2D eigenvalue weighted by Gasteiger charge is -2.32. The van der Waals surface area contributed by atoms with Crippen LogP contribution in [0.5, 0.6) is 0 Å². The molecule has 2 amide bonds. The average molecular weight is 356 g/mol. The molecule has 2 heterocycles. The lowest BCUT2D eigenvalue weighted by atomic mass is 9.95. The Balaban J connectivity index is 1.64. The third kappa shape index (κ3) is 3.76. The molecule has 0 atom stereocenters. The van der Waals surface area contributed by atoms with Gasteiger partial charge in [-0.2, -0.15) is 0 Å². The van der Waals surface area contributed by atoms with Crippen molar-refractivity contribution in [2.45, 2.75) is 12.8 Å². The summed E-state index contributed by atoms with van der Waals surface area (Å²) < 4.78 is 0. The number of anilines is 1. The second-order valence-corrected chi connectivity index (χ2v) is 6.91. The quantitative estimate of drug-likeness (QED) is 0.790. The second kappa shape index (κ2) is 7.57. The Morgan fingerprint density at radius 2 is 1.92 bits per heavy atom. The van der Waals surface area contributed by atoms with E-state index in [0.717, 1.165) is 10.6 Å². The van der Waals surface area contributed by atoms with Crippen molar-refractivity contribution in [3.8, 4) is 10.6 Å². The maximum absolute atomic E-state index is 12.7. The third-order valence-corrected chi connectivity index (χ3v) is 5.43. The standard InChI is InChI=1S/C18H20N4O2S/c1-3-15(23)22-11-9-14(10-12-22)17(24)21(2)18-20-19-16(25-18)13-7-5-4-6-8-13/h3-8,14H,1,9-12H2,2H3. The SMILES string of the molecule is C=CC(=O)N1CCC(C(=O)N(C)c2nnc(-c3ccccc3)s2)CC1. The molecule has 0 spiro atoms. The maximum atomic E-state index is 12.7. The number of aromatic nitrogens is 2. The largest absolute Gasteiger partial charge is 0.339 e. The van der Waals surface area contributed by atoms with Gasteiger partial charge in [-0.1, -0.05) is 48.2 Å². The van der Waals surface area contributed by atoms with Crippen LogP contribution < -0.4 is 4.90 Å². The van der Waals surface area contributed by atoms with E-state index in [-0.39, 0.29) is 17.7 Å². The average Bonchev–Trinajstić information content (AvgIpc) is 3.17. The zero-order valence-electron chi connectivity index (χ0n) is 14.1. The van der Waals surface area contributed by atoms with Crippen LogP contribution in [-0.4, -0.2) is 47.0 Å². The van der Waals surface area contributed by atoms with Gasteiger partial charge < -0.3 is 4.90 Å². The minimum Gasteiger partial charge on any atom is -0.339 e. The molecule has 1 aliphatic heterocycles. The Morgan fingerprint density at radius 3 is 2.56 bits per heavy atom. The van der Waals surface area contributed by atoms with Gasteiger partial charge in [0.05, 0.1) is 0 Å². The number of piperidine rings is 1. The van der Waals surface area contributed by atoms with Gasteiger partial charge >= 0.3 is 0 Å². The lowest BCUT2D eigenvalue weighted by molar-refractivity contribution is -0.130. The van der Waals surface area contributed by atoms with Crippen LogP contribution in [0.15, 0.2) is 43.0 Å². The van der Waals surface area contributed by atoms with Crippen molar-refractivity contribution in [3.63, 3.8) is 0 Å². The number of nitrogens with zero attached hydrogens (tertiary/aromatic N) is 4. The first kappa shape index (κ1) is 17.3. The van der Waals surface area contributed by atoms with Gasteiger partial charge in [0.25, 0.3) is 0 Å². The summed E-state index contributed by atoms with van der Waals surface area (Å²) in [5.41, 5.74) is 0.989. The summed E-state index contributed by atoms with van der Waals surface area (Å²) in [7, 11) is 1.74. The van der Waals surface area contributed by atoms with E-state index >= 15 is 0 Å². The number of hydrogen-bond donors (Lipinski definition) is 0. The van der Waals surface area contributed by atoms with E-state index in [1.807, 2.05) is 30.3 Å². The maximum Gasteiger partial charge on any atom is 0.245 e. The highest BCUT2D eigenvalue weighted by Gasteiger charge is 2.30. The normalized spacial score (nSPS) is 15.0. The molecule has 0 unspecified atom stereocenters. The Labute approximate surface area is 150 Å². The summed E-state index contributed by atoms with van der Waals surface area (Å²) in [5, 5.41) is 9.74. The Hall–Kier alpha value is -2.54. The van der Waals surface area contributed by atoms with Gasteiger partial charge in [0.15, 0.2) is 0 Å². The number of hydrogen-bond acceptors (Lipinski definition) is 5. The van der Waals surface area contributed by atoms with Crippen molar-refractivity contribution in [2.75, 3.05) is 25.0 Å². The molecule has 25 heavy (non-hydrogen) atoms. The zero-order chi connectivity index (χ0) is 17.8. The number of benzene rings is 1. The van der Waals surface area contributed by atoms with Crippen LogP contribution in [0.1, 0.15) is 12.8 Å².